The first-order chi connectivity index (χ1) is 10.6. The van der Waals surface area contributed by atoms with Gasteiger partial charge in [0.05, 0.1) is 0 Å². The summed E-state index contributed by atoms with van der Waals surface area (Å²) in [4.78, 5) is 28.8. The summed E-state index contributed by atoms with van der Waals surface area (Å²) in [5.74, 6) is 0.978. The fraction of sp³-hybridized carbons (Fsp3) is 0.882. The van der Waals surface area contributed by atoms with E-state index in [4.69, 9.17) is 4.74 Å². The van der Waals surface area contributed by atoms with Crippen molar-refractivity contribution in [1.82, 2.24) is 9.80 Å². The third kappa shape index (κ3) is 2.25. The van der Waals surface area contributed by atoms with E-state index in [0.29, 0.717) is 30.3 Å². The summed E-state index contributed by atoms with van der Waals surface area (Å²) in [6.07, 6.45) is 6.18. The van der Waals surface area contributed by atoms with Gasteiger partial charge < -0.3 is 9.64 Å². The van der Waals surface area contributed by atoms with Crippen LogP contribution in [0.15, 0.2) is 0 Å². The zero-order valence-electron chi connectivity index (χ0n) is 13.4. The predicted molar refractivity (Wildman–Crippen MR) is 81.1 cm³/mol. The molecule has 4 rings (SSSR count). The van der Waals surface area contributed by atoms with Crippen molar-refractivity contribution >= 4 is 11.9 Å². The summed E-state index contributed by atoms with van der Waals surface area (Å²) in [6.45, 7) is 4.76. The van der Waals surface area contributed by atoms with Crippen molar-refractivity contribution in [2.24, 2.45) is 11.8 Å². The third-order valence-electron chi connectivity index (χ3n) is 6.26. The molecule has 0 aromatic carbocycles. The molecule has 0 bridgehead atoms. The summed E-state index contributed by atoms with van der Waals surface area (Å²) in [5.41, 5.74) is 0. The second-order valence-corrected chi connectivity index (χ2v) is 7.47. The molecule has 5 heteroatoms. The van der Waals surface area contributed by atoms with Crippen molar-refractivity contribution in [3.05, 3.63) is 0 Å². The maximum Gasteiger partial charge on any atom is 0.303 e. The van der Waals surface area contributed by atoms with Crippen LogP contribution in [0.25, 0.3) is 0 Å². The molecule has 0 N–H and O–H groups in total. The van der Waals surface area contributed by atoms with Gasteiger partial charge in [-0.2, -0.15) is 0 Å². The molecule has 0 aromatic rings. The van der Waals surface area contributed by atoms with Crippen molar-refractivity contribution in [3.8, 4) is 0 Å². The van der Waals surface area contributed by atoms with Gasteiger partial charge in [-0.1, -0.05) is 0 Å². The highest BCUT2D eigenvalue weighted by atomic mass is 16.5. The Bertz CT molecular complexity index is 479. The predicted octanol–water partition coefficient (Wildman–Crippen LogP) is 1.41. The molecular formula is C17H26N2O3. The monoisotopic (exact) mass is 306 g/mol. The molecule has 1 amide bonds. The van der Waals surface area contributed by atoms with Gasteiger partial charge in [-0.25, -0.2) is 0 Å². The molecule has 5 atom stereocenters. The van der Waals surface area contributed by atoms with Gasteiger partial charge in [-0.3, -0.25) is 14.5 Å². The van der Waals surface area contributed by atoms with Crippen molar-refractivity contribution < 1.29 is 14.3 Å². The number of ether oxygens (including phenoxy) is 1. The average Bonchev–Trinajstić information content (AvgIpc) is 2.51. The SMILES string of the molecule is CC(=O)O[C@H]1CC[C@@H]2[C@H]3CCCN4CCC[C@@H](CN2C1=O)[C@@H]34. The molecule has 4 aliphatic rings. The van der Waals surface area contributed by atoms with Gasteiger partial charge in [0.15, 0.2) is 6.10 Å². The molecule has 122 valence electrons. The summed E-state index contributed by atoms with van der Waals surface area (Å²) in [5, 5.41) is 0. The third-order valence-corrected chi connectivity index (χ3v) is 6.26. The number of esters is 1. The van der Waals surface area contributed by atoms with Gasteiger partial charge in [0.2, 0.25) is 0 Å². The van der Waals surface area contributed by atoms with Gasteiger partial charge in [0, 0.05) is 25.6 Å². The summed E-state index contributed by atoms with van der Waals surface area (Å²) >= 11 is 0. The average molecular weight is 306 g/mol. The Labute approximate surface area is 132 Å². The van der Waals surface area contributed by atoms with Crippen LogP contribution in [0.1, 0.15) is 45.4 Å². The molecule has 4 fully saturated rings. The largest absolute Gasteiger partial charge is 0.452 e. The van der Waals surface area contributed by atoms with E-state index in [9.17, 15) is 9.59 Å². The van der Waals surface area contributed by atoms with Crippen molar-refractivity contribution in [1.29, 1.82) is 0 Å². The molecule has 4 aliphatic heterocycles. The molecule has 0 spiro atoms. The number of fused-ring (bicyclic) bond motifs is 2. The molecule has 0 aliphatic carbocycles. The van der Waals surface area contributed by atoms with E-state index in [1.54, 1.807) is 0 Å². The van der Waals surface area contributed by atoms with Crippen LogP contribution in [-0.4, -0.2) is 59.5 Å². The van der Waals surface area contributed by atoms with Crippen LogP contribution >= 0.6 is 0 Å². The Balaban J connectivity index is 1.57. The van der Waals surface area contributed by atoms with Crippen LogP contribution in [0, 0.1) is 11.8 Å². The Morgan fingerprint density at radius 3 is 2.68 bits per heavy atom. The minimum absolute atomic E-state index is 0.0626. The van der Waals surface area contributed by atoms with Crippen LogP contribution in [0.4, 0.5) is 0 Å². The van der Waals surface area contributed by atoms with Crippen LogP contribution in [0.3, 0.4) is 0 Å². The molecule has 0 radical (unpaired) electrons. The van der Waals surface area contributed by atoms with Crippen molar-refractivity contribution in [3.63, 3.8) is 0 Å². The smallest absolute Gasteiger partial charge is 0.303 e. The molecule has 22 heavy (non-hydrogen) atoms. The van der Waals surface area contributed by atoms with Gasteiger partial charge in [-0.15, -0.1) is 0 Å². The minimum Gasteiger partial charge on any atom is -0.452 e. The standard InChI is InChI=1S/C17H26N2O3/c1-11(20)22-15-7-6-14-13-5-3-9-18-8-2-4-12(16(13)18)10-19(14)17(15)21/h12-16H,2-10H2,1H3/t12-,13+,14+,15-,16-/m0/s1. The number of piperidine rings is 4. The second-order valence-electron chi connectivity index (χ2n) is 7.47. The molecule has 0 aromatic heterocycles. The van der Waals surface area contributed by atoms with E-state index in [-0.39, 0.29) is 11.9 Å². The lowest BCUT2D eigenvalue weighted by Crippen LogP contribution is -2.68. The second kappa shape index (κ2) is 5.52. The van der Waals surface area contributed by atoms with Crippen LogP contribution in [0.5, 0.6) is 0 Å². The molecule has 0 saturated carbocycles. The molecule has 4 heterocycles. The van der Waals surface area contributed by atoms with Gasteiger partial charge in [-0.05, 0) is 63.5 Å². The highest BCUT2D eigenvalue weighted by Crippen LogP contribution is 2.44. The van der Waals surface area contributed by atoms with E-state index in [1.165, 1.54) is 45.7 Å². The van der Waals surface area contributed by atoms with Crippen LogP contribution in [-0.2, 0) is 14.3 Å². The number of nitrogens with zero attached hydrogens (tertiary/aromatic N) is 2. The number of hydrogen-bond acceptors (Lipinski definition) is 4. The Morgan fingerprint density at radius 2 is 1.91 bits per heavy atom. The normalized spacial score (nSPS) is 41.6. The number of hydrogen-bond donors (Lipinski definition) is 0. The molecule has 0 unspecified atom stereocenters. The van der Waals surface area contributed by atoms with E-state index in [2.05, 4.69) is 9.80 Å². The van der Waals surface area contributed by atoms with E-state index < -0.39 is 6.10 Å². The maximum absolute atomic E-state index is 12.8. The van der Waals surface area contributed by atoms with Gasteiger partial charge >= 0.3 is 5.97 Å². The topological polar surface area (TPSA) is 49.9 Å². The summed E-state index contributed by atoms with van der Waals surface area (Å²) in [6, 6.07) is 1.07. The minimum atomic E-state index is -0.534. The van der Waals surface area contributed by atoms with Crippen molar-refractivity contribution in [2.45, 2.75) is 63.6 Å². The van der Waals surface area contributed by atoms with Crippen LogP contribution < -0.4 is 0 Å². The summed E-state index contributed by atoms with van der Waals surface area (Å²) in [7, 11) is 0. The quantitative estimate of drug-likeness (QED) is 0.687. The lowest BCUT2D eigenvalue weighted by atomic mass is 9.68. The number of amides is 1. The number of carbonyl (C=O) groups excluding carboxylic acids is 2. The first kappa shape index (κ1) is 14.5. The number of rotatable bonds is 1. The lowest BCUT2D eigenvalue weighted by molar-refractivity contribution is -0.173. The van der Waals surface area contributed by atoms with E-state index in [0.717, 1.165) is 13.0 Å². The van der Waals surface area contributed by atoms with Crippen LogP contribution in [0.2, 0.25) is 0 Å². The zero-order valence-corrected chi connectivity index (χ0v) is 13.4. The molecular weight excluding hydrogens is 280 g/mol. The van der Waals surface area contributed by atoms with E-state index in [1.807, 2.05) is 0 Å². The highest BCUT2D eigenvalue weighted by molar-refractivity contribution is 5.84. The first-order valence-electron chi connectivity index (χ1n) is 8.87. The maximum atomic E-state index is 12.8. The van der Waals surface area contributed by atoms with Gasteiger partial charge in [0.1, 0.15) is 0 Å². The Hall–Kier alpha value is -1.10. The molecule has 5 nitrogen and oxygen atoms in total. The molecule has 4 saturated heterocycles. The zero-order chi connectivity index (χ0) is 15.3. The Morgan fingerprint density at radius 1 is 1.14 bits per heavy atom. The fourth-order valence-corrected chi connectivity index (χ4v) is 5.56. The number of carbonyl (C=O) groups is 2. The first-order valence-corrected chi connectivity index (χ1v) is 8.87. The fourth-order valence-electron chi connectivity index (χ4n) is 5.56. The summed E-state index contributed by atoms with van der Waals surface area (Å²) < 4.78 is 5.25. The van der Waals surface area contributed by atoms with E-state index >= 15 is 0 Å². The highest BCUT2D eigenvalue weighted by Gasteiger charge is 2.52. The van der Waals surface area contributed by atoms with Gasteiger partial charge in [0.25, 0.3) is 5.91 Å². The van der Waals surface area contributed by atoms with Crippen molar-refractivity contribution in [2.75, 3.05) is 19.6 Å². The lowest BCUT2D eigenvalue weighted by Gasteiger charge is -2.59. The Kier molecular flexibility index (Phi) is 3.63.